The second-order valence-electron chi connectivity index (χ2n) is 13.0. The van der Waals surface area contributed by atoms with Crippen molar-refractivity contribution in [3.63, 3.8) is 0 Å². The first-order valence-corrected chi connectivity index (χ1v) is 17.4. The molecular formula is C43H38Cl2F6Zr-2. The van der Waals surface area contributed by atoms with Crippen molar-refractivity contribution in [1.29, 1.82) is 0 Å². The number of halogens is 8. The van der Waals surface area contributed by atoms with E-state index in [0.29, 0.717) is 25.7 Å². The molecular weight excluding hydrogens is 793 g/mol. The third-order valence-corrected chi connectivity index (χ3v) is 9.87. The molecule has 0 N–H and O–H groups in total. The van der Waals surface area contributed by atoms with E-state index in [0.717, 1.165) is 60.5 Å². The van der Waals surface area contributed by atoms with Crippen LogP contribution in [0.5, 0.6) is 0 Å². The summed E-state index contributed by atoms with van der Waals surface area (Å²) in [4.78, 5) is 0. The van der Waals surface area contributed by atoms with Crippen LogP contribution < -0.4 is 24.8 Å². The quantitative estimate of drug-likeness (QED) is 0.140. The largest absolute Gasteiger partial charge is 1.00 e. The zero-order valence-corrected chi connectivity index (χ0v) is 33.2. The predicted molar refractivity (Wildman–Crippen MR) is 189 cm³/mol. The van der Waals surface area contributed by atoms with Gasteiger partial charge in [0.2, 0.25) is 0 Å². The second kappa shape index (κ2) is 18.7. The number of hydrogen-bond acceptors (Lipinski definition) is 0. The Labute approximate surface area is 330 Å². The monoisotopic (exact) mass is 828 g/mol. The van der Waals surface area contributed by atoms with E-state index in [-0.39, 0.29) is 24.8 Å². The summed E-state index contributed by atoms with van der Waals surface area (Å²) in [5.74, 6) is 0.573. The molecule has 2 aliphatic rings. The average Bonchev–Trinajstić information content (AvgIpc) is 3.73. The minimum atomic E-state index is -4.41. The maximum atomic E-state index is 12.5. The average molecular weight is 831 g/mol. The summed E-state index contributed by atoms with van der Waals surface area (Å²) in [6.07, 6.45) is 4.93. The summed E-state index contributed by atoms with van der Waals surface area (Å²) in [5, 5.41) is 0. The Hall–Kier alpha value is -3.25. The third kappa shape index (κ3) is 11.6. The molecule has 0 saturated carbocycles. The molecule has 4 aromatic carbocycles. The van der Waals surface area contributed by atoms with Crippen LogP contribution in [0.3, 0.4) is 0 Å². The van der Waals surface area contributed by atoms with E-state index in [1.54, 1.807) is 0 Å². The molecule has 0 aromatic heterocycles. The fourth-order valence-corrected chi connectivity index (χ4v) is 6.21. The number of rotatable bonds is 5. The van der Waals surface area contributed by atoms with Crippen molar-refractivity contribution in [3.8, 4) is 11.1 Å². The van der Waals surface area contributed by atoms with Crippen LogP contribution in [0.25, 0.3) is 23.3 Å². The number of alkyl halides is 6. The Morgan fingerprint density at radius 3 is 1.67 bits per heavy atom. The molecule has 6 rings (SSSR count). The van der Waals surface area contributed by atoms with Crippen molar-refractivity contribution in [2.45, 2.75) is 52.9 Å². The van der Waals surface area contributed by atoms with Gasteiger partial charge in [0.25, 0.3) is 0 Å². The van der Waals surface area contributed by atoms with Crippen LogP contribution >= 0.6 is 0 Å². The van der Waals surface area contributed by atoms with Gasteiger partial charge in [-0.1, -0.05) is 87.4 Å². The maximum absolute atomic E-state index is 12.5. The number of benzene rings is 4. The minimum Gasteiger partial charge on any atom is -1.00 e. The van der Waals surface area contributed by atoms with Crippen molar-refractivity contribution in [1.82, 2.24) is 0 Å². The molecule has 0 fully saturated rings. The second-order valence-corrected chi connectivity index (χ2v) is 14.3. The molecule has 4 aromatic rings. The molecule has 9 heteroatoms. The summed E-state index contributed by atoms with van der Waals surface area (Å²) in [7, 11) is 0. The summed E-state index contributed by atoms with van der Waals surface area (Å²) >= 11 is 0.898. The molecule has 0 nitrogen and oxygen atoms in total. The first-order chi connectivity index (χ1) is 23.4. The Balaban J connectivity index is 0.000000279. The molecule has 1 unspecified atom stereocenters. The number of fused-ring (bicyclic) bond motifs is 3. The molecule has 2 aliphatic carbocycles. The van der Waals surface area contributed by atoms with Crippen LogP contribution in [0.1, 0.15) is 78.6 Å². The van der Waals surface area contributed by atoms with Gasteiger partial charge in [-0.15, -0.1) is 23.8 Å². The van der Waals surface area contributed by atoms with Crippen LogP contribution in [0.4, 0.5) is 26.3 Å². The van der Waals surface area contributed by atoms with Gasteiger partial charge >= 0.3 is 137 Å². The van der Waals surface area contributed by atoms with Crippen molar-refractivity contribution >= 4 is 15.4 Å². The maximum Gasteiger partial charge on any atom is -1.00 e. The van der Waals surface area contributed by atoms with E-state index in [9.17, 15) is 26.3 Å². The fraction of sp³-hybridized carbons (Fsp3) is 0.233. The van der Waals surface area contributed by atoms with Gasteiger partial charge in [0.15, 0.2) is 0 Å². The number of hydrogen-bond donors (Lipinski definition) is 0. The minimum absolute atomic E-state index is 0. The predicted octanol–water partition coefficient (Wildman–Crippen LogP) is 6.55. The molecule has 0 saturated heterocycles. The van der Waals surface area contributed by atoms with E-state index < -0.39 is 23.5 Å². The molecule has 1 atom stereocenters. The van der Waals surface area contributed by atoms with Crippen molar-refractivity contribution in [2.24, 2.45) is 11.3 Å². The van der Waals surface area contributed by atoms with Crippen molar-refractivity contribution in [3.05, 3.63) is 166 Å². The van der Waals surface area contributed by atoms with Crippen LogP contribution in [0, 0.1) is 23.5 Å². The van der Waals surface area contributed by atoms with Crippen molar-refractivity contribution < 1.29 is 75.4 Å². The fourth-order valence-electron chi connectivity index (χ4n) is 5.39. The van der Waals surface area contributed by atoms with Gasteiger partial charge in [-0.3, -0.25) is 6.08 Å². The molecule has 0 radical (unpaired) electrons. The molecule has 0 spiro atoms. The Bertz CT molecular complexity index is 1790. The van der Waals surface area contributed by atoms with Crippen LogP contribution in [0.2, 0.25) is 0 Å². The standard InChI is InChI=1S/C17H13.C15H8F6.C11H17.2ClH.Zr/c1-3-12-5-7-14-11-15-8-6-13(4-2)10-17(15)16(14)9-12;16-14(17,18)12-5-1-10(2-6-12)9-11-3-7-13(8-4-11)15(19,20)21;1-5-9-6-7-10(8-9)11(2,3)4;;;/h3-7,9-10H,1-2,11H2;1-8H;7-9H,5H2,1-4H3;2*1H;/q-1;;-1;;;+2/p-2. The van der Waals surface area contributed by atoms with Crippen LogP contribution in [0.15, 0.2) is 110 Å². The van der Waals surface area contributed by atoms with Gasteiger partial charge in [-0.25, -0.2) is 6.08 Å². The first-order valence-electron chi connectivity index (χ1n) is 16.1. The Kier molecular flexibility index (Phi) is 16.1. The van der Waals surface area contributed by atoms with E-state index in [4.69, 9.17) is 0 Å². The summed E-state index contributed by atoms with van der Waals surface area (Å²) in [6.45, 7) is 16.6. The van der Waals surface area contributed by atoms with Crippen LogP contribution in [-0.2, 0) is 43.0 Å². The topological polar surface area (TPSA) is 0 Å². The molecule has 52 heavy (non-hydrogen) atoms. The van der Waals surface area contributed by atoms with E-state index in [1.807, 2.05) is 18.2 Å². The normalized spacial score (nSPS) is 14.2. The molecule has 0 amide bonds. The summed E-state index contributed by atoms with van der Waals surface area (Å²) in [6, 6.07) is 23.2. The molecule has 0 heterocycles. The van der Waals surface area contributed by atoms with Crippen LogP contribution in [-0.4, -0.2) is 3.21 Å². The van der Waals surface area contributed by atoms with E-state index >= 15 is 0 Å². The zero-order chi connectivity index (χ0) is 36.9. The van der Waals surface area contributed by atoms with E-state index in [1.165, 1.54) is 64.1 Å². The van der Waals surface area contributed by atoms with Gasteiger partial charge in [-0.2, -0.15) is 35.4 Å². The van der Waals surface area contributed by atoms with E-state index in [2.05, 4.69) is 89.4 Å². The summed E-state index contributed by atoms with van der Waals surface area (Å²) in [5.41, 5.74) is 8.91. The molecule has 0 bridgehead atoms. The number of allylic oxidation sites excluding steroid dienone is 4. The zero-order valence-electron chi connectivity index (χ0n) is 29.2. The molecule has 0 aliphatic heterocycles. The van der Waals surface area contributed by atoms with Gasteiger partial charge in [0.05, 0.1) is 0 Å². The van der Waals surface area contributed by atoms with Gasteiger partial charge in [0, 0.05) is 0 Å². The third-order valence-electron chi connectivity index (χ3n) is 8.45. The first kappa shape index (κ1) is 44.9. The SMILES string of the molecule is C=Cc1c[c-]c2c(c1)-c1cc(C=C)ccc1C2.CCC1[C-]=CC(C(C)(C)C)=C1.FC(F)(F)c1ccc([C](=[Zr+2])c2ccc(C(F)(F)F)cc2)cc1.[Cl-].[Cl-]. The van der Waals surface area contributed by atoms with Gasteiger partial charge in [-0.05, 0) is 12.0 Å². The van der Waals surface area contributed by atoms with Gasteiger partial charge in [0.1, 0.15) is 0 Å². The Morgan fingerprint density at radius 1 is 0.769 bits per heavy atom. The van der Waals surface area contributed by atoms with Gasteiger partial charge < -0.3 is 24.8 Å². The molecule has 272 valence electrons. The summed E-state index contributed by atoms with van der Waals surface area (Å²) < 4.78 is 75.6. The van der Waals surface area contributed by atoms with Crippen molar-refractivity contribution in [2.75, 3.05) is 0 Å². The smallest absolute Gasteiger partial charge is 1.00 e. The Morgan fingerprint density at radius 2 is 1.27 bits per heavy atom.